The van der Waals surface area contributed by atoms with E-state index in [1.807, 2.05) is 26.0 Å². The Bertz CT molecular complexity index is 754. The highest BCUT2D eigenvalue weighted by atomic mass is 16.5. The van der Waals surface area contributed by atoms with E-state index < -0.39 is 5.60 Å². The van der Waals surface area contributed by atoms with E-state index >= 15 is 0 Å². The van der Waals surface area contributed by atoms with Crippen molar-refractivity contribution >= 4 is 11.7 Å². The summed E-state index contributed by atoms with van der Waals surface area (Å²) < 4.78 is 5.79. The number of pyridine rings is 1. The van der Waals surface area contributed by atoms with Crippen molar-refractivity contribution in [3.63, 3.8) is 0 Å². The fraction of sp³-hybridized carbons (Fsp3) is 0.278. The lowest BCUT2D eigenvalue weighted by atomic mass is 9.92. The molecule has 0 saturated heterocycles. The van der Waals surface area contributed by atoms with Gasteiger partial charge in [0.1, 0.15) is 11.4 Å². The van der Waals surface area contributed by atoms with Crippen LogP contribution in [0.1, 0.15) is 46.5 Å². The number of fused-ring (bicyclic) bond motifs is 1. The summed E-state index contributed by atoms with van der Waals surface area (Å²) in [5.41, 5.74) is 1.39. The maximum absolute atomic E-state index is 12.3. The summed E-state index contributed by atoms with van der Waals surface area (Å²) in [5.74, 6) is 0.319. The van der Waals surface area contributed by atoms with Gasteiger partial charge in [0.25, 0.3) is 5.91 Å². The number of aromatic nitrogens is 1. The standard InChI is InChI=1S/C18H18N2O3/c1-18(2)10-15(21)14-9-13(3-4-16(14)23-18)17(22)20-11-12-5-7-19-8-6-12/h3-9H,10-11H2,1-2H3,(H,20,22). The number of hydrogen-bond donors (Lipinski definition) is 1. The second-order valence-corrected chi connectivity index (χ2v) is 6.21. The summed E-state index contributed by atoms with van der Waals surface area (Å²) in [6.45, 7) is 4.17. The monoisotopic (exact) mass is 310 g/mol. The van der Waals surface area contributed by atoms with Gasteiger partial charge in [-0.2, -0.15) is 0 Å². The van der Waals surface area contributed by atoms with E-state index in [4.69, 9.17) is 4.74 Å². The molecule has 0 fully saturated rings. The third-order valence-corrected chi connectivity index (χ3v) is 3.72. The molecule has 23 heavy (non-hydrogen) atoms. The molecule has 0 aliphatic carbocycles. The highest BCUT2D eigenvalue weighted by Crippen LogP contribution is 2.33. The van der Waals surface area contributed by atoms with Gasteiger partial charge in [0.05, 0.1) is 12.0 Å². The molecule has 5 heteroatoms. The Hall–Kier alpha value is -2.69. The second kappa shape index (κ2) is 5.83. The molecule has 3 rings (SSSR count). The van der Waals surface area contributed by atoms with Crippen LogP contribution in [0, 0.1) is 0 Å². The molecule has 118 valence electrons. The fourth-order valence-corrected chi connectivity index (χ4v) is 2.58. The lowest BCUT2D eigenvalue weighted by molar-refractivity contribution is 0.0620. The van der Waals surface area contributed by atoms with Crippen molar-refractivity contribution in [3.8, 4) is 5.75 Å². The number of amides is 1. The van der Waals surface area contributed by atoms with Crippen molar-refractivity contribution in [2.75, 3.05) is 0 Å². The number of nitrogens with one attached hydrogen (secondary N) is 1. The molecule has 0 atom stereocenters. The zero-order chi connectivity index (χ0) is 16.4. The normalized spacial score (nSPS) is 15.5. The van der Waals surface area contributed by atoms with Crippen LogP contribution in [0.15, 0.2) is 42.7 Å². The minimum atomic E-state index is -0.505. The Balaban J connectivity index is 1.75. The lowest BCUT2D eigenvalue weighted by Crippen LogP contribution is -2.36. The Kier molecular flexibility index (Phi) is 3.86. The van der Waals surface area contributed by atoms with Crippen molar-refractivity contribution in [2.24, 2.45) is 0 Å². The van der Waals surface area contributed by atoms with Crippen molar-refractivity contribution in [1.29, 1.82) is 0 Å². The third kappa shape index (κ3) is 3.39. The van der Waals surface area contributed by atoms with Crippen LogP contribution in [0.3, 0.4) is 0 Å². The Labute approximate surface area is 134 Å². The molecule has 0 radical (unpaired) electrons. The molecule has 0 bridgehead atoms. The Morgan fingerprint density at radius 3 is 2.74 bits per heavy atom. The fourth-order valence-electron chi connectivity index (χ4n) is 2.58. The van der Waals surface area contributed by atoms with Gasteiger partial charge in [-0.05, 0) is 49.7 Å². The number of Topliss-reactive ketones (excluding diaryl/α,β-unsaturated/α-hetero) is 1. The van der Waals surface area contributed by atoms with Gasteiger partial charge in [-0.3, -0.25) is 14.6 Å². The van der Waals surface area contributed by atoms with Gasteiger partial charge >= 0.3 is 0 Å². The minimum Gasteiger partial charge on any atom is -0.487 e. The highest BCUT2D eigenvalue weighted by molar-refractivity contribution is 6.03. The van der Waals surface area contributed by atoms with E-state index in [0.29, 0.717) is 29.8 Å². The molecule has 0 unspecified atom stereocenters. The first-order chi connectivity index (χ1) is 10.9. The van der Waals surface area contributed by atoms with Gasteiger partial charge in [-0.15, -0.1) is 0 Å². The van der Waals surface area contributed by atoms with Crippen LogP contribution in [-0.4, -0.2) is 22.3 Å². The Morgan fingerprint density at radius 2 is 2.00 bits per heavy atom. The molecule has 1 aromatic carbocycles. The molecule has 5 nitrogen and oxygen atoms in total. The number of carbonyl (C=O) groups is 2. The molecule has 2 aromatic rings. The first kappa shape index (κ1) is 15.2. The minimum absolute atomic E-state index is 0.0000313. The molecule has 1 aliphatic rings. The predicted octanol–water partition coefficient (Wildman–Crippen LogP) is 2.76. The number of carbonyl (C=O) groups excluding carboxylic acids is 2. The van der Waals surface area contributed by atoms with Crippen LogP contribution in [0.25, 0.3) is 0 Å². The quantitative estimate of drug-likeness (QED) is 0.946. The maximum atomic E-state index is 12.3. The second-order valence-electron chi connectivity index (χ2n) is 6.21. The van der Waals surface area contributed by atoms with E-state index in [2.05, 4.69) is 10.3 Å². The predicted molar refractivity (Wildman–Crippen MR) is 85.5 cm³/mol. The maximum Gasteiger partial charge on any atom is 0.251 e. The summed E-state index contributed by atoms with van der Waals surface area (Å²) in [7, 11) is 0. The summed E-state index contributed by atoms with van der Waals surface area (Å²) in [4.78, 5) is 28.4. The lowest BCUT2D eigenvalue weighted by Gasteiger charge is -2.31. The van der Waals surface area contributed by atoms with Gasteiger partial charge < -0.3 is 10.1 Å². The van der Waals surface area contributed by atoms with Crippen molar-refractivity contribution in [3.05, 3.63) is 59.4 Å². The van der Waals surface area contributed by atoms with Crippen molar-refractivity contribution in [1.82, 2.24) is 10.3 Å². The summed E-state index contributed by atoms with van der Waals surface area (Å²) in [6, 6.07) is 8.65. The molecule has 1 aliphatic heterocycles. The molecule has 1 amide bonds. The average molecular weight is 310 g/mol. The zero-order valence-corrected chi connectivity index (χ0v) is 13.1. The Morgan fingerprint density at radius 1 is 1.26 bits per heavy atom. The number of nitrogens with zero attached hydrogens (tertiary/aromatic N) is 1. The molecule has 1 aromatic heterocycles. The first-order valence-corrected chi connectivity index (χ1v) is 7.48. The van der Waals surface area contributed by atoms with E-state index in [1.54, 1.807) is 30.6 Å². The highest BCUT2D eigenvalue weighted by Gasteiger charge is 2.32. The topological polar surface area (TPSA) is 68.3 Å². The zero-order valence-electron chi connectivity index (χ0n) is 13.1. The van der Waals surface area contributed by atoms with Crippen LogP contribution >= 0.6 is 0 Å². The largest absolute Gasteiger partial charge is 0.487 e. The van der Waals surface area contributed by atoms with Crippen molar-refractivity contribution < 1.29 is 14.3 Å². The summed E-state index contributed by atoms with van der Waals surface area (Å²) in [5, 5.41) is 2.83. The number of benzene rings is 1. The molecular formula is C18H18N2O3. The summed E-state index contributed by atoms with van der Waals surface area (Å²) >= 11 is 0. The molecular weight excluding hydrogens is 292 g/mol. The average Bonchev–Trinajstić information content (AvgIpc) is 2.52. The van der Waals surface area contributed by atoms with Crippen LogP contribution < -0.4 is 10.1 Å². The van der Waals surface area contributed by atoms with Crippen LogP contribution in [0.5, 0.6) is 5.75 Å². The van der Waals surface area contributed by atoms with Crippen LogP contribution in [0.2, 0.25) is 0 Å². The van der Waals surface area contributed by atoms with E-state index in [1.165, 1.54) is 0 Å². The smallest absolute Gasteiger partial charge is 0.251 e. The summed E-state index contributed by atoms with van der Waals surface area (Å²) in [6.07, 6.45) is 3.67. The van der Waals surface area contributed by atoms with E-state index in [0.717, 1.165) is 5.56 Å². The van der Waals surface area contributed by atoms with Gasteiger partial charge in [0.2, 0.25) is 0 Å². The van der Waals surface area contributed by atoms with Gasteiger partial charge in [-0.1, -0.05) is 0 Å². The number of hydrogen-bond acceptors (Lipinski definition) is 4. The van der Waals surface area contributed by atoms with Gasteiger partial charge in [-0.25, -0.2) is 0 Å². The van der Waals surface area contributed by atoms with E-state index in [9.17, 15) is 9.59 Å². The molecule has 1 N–H and O–H groups in total. The number of ether oxygens (including phenoxy) is 1. The molecule has 2 heterocycles. The van der Waals surface area contributed by atoms with Crippen LogP contribution in [-0.2, 0) is 6.54 Å². The number of rotatable bonds is 3. The molecule has 0 saturated carbocycles. The number of ketones is 1. The van der Waals surface area contributed by atoms with E-state index in [-0.39, 0.29) is 11.7 Å². The molecule has 0 spiro atoms. The van der Waals surface area contributed by atoms with Crippen LogP contribution in [0.4, 0.5) is 0 Å². The third-order valence-electron chi connectivity index (χ3n) is 3.72. The first-order valence-electron chi connectivity index (χ1n) is 7.48. The van der Waals surface area contributed by atoms with Gasteiger partial charge in [0.15, 0.2) is 5.78 Å². The van der Waals surface area contributed by atoms with Gasteiger partial charge in [0, 0.05) is 24.5 Å². The van der Waals surface area contributed by atoms with Crippen molar-refractivity contribution in [2.45, 2.75) is 32.4 Å². The SMILES string of the molecule is CC1(C)CC(=O)c2cc(C(=O)NCc3ccncc3)ccc2O1.